The smallest absolute Gasteiger partial charge is 0.407 e. The van der Waals surface area contributed by atoms with Crippen molar-refractivity contribution >= 4 is 23.9 Å². The number of alkyl carbamates (subject to hydrolysis) is 1. The van der Waals surface area contributed by atoms with Gasteiger partial charge in [-0.3, -0.25) is 9.59 Å². The molecule has 0 unspecified atom stereocenters. The predicted molar refractivity (Wildman–Crippen MR) is 116 cm³/mol. The average molecular weight is 456 g/mol. The molecule has 1 aliphatic carbocycles. The minimum absolute atomic E-state index is 0.0124. The molecule has 0 aliphatic heterocycles. The fraction of sp³-hybridized carbons (Fsp3) is 0.304. The molecule has 0 aromatic heterocycles. The SMILES string of the molecule is O=C(O)CC[C@H](NC(=O)OCC1c2ccccc2-c2ccccc21)C(=O)N[C@@H](CO)C(=O)O. The van der Waals surface area contributed by atoms with Crippen molar-refractivity contribution in [3.8, 4) is 11.1 Å². The van der Waals surface area contributed by atoms with Crippen molar-refractivity contribution in [2.45, 2.75) is 30.8 Å². The summed E-state index contributed by atoms with van der Waals surface area (Å²) in [4.78, 5) is 46.8. The van der Waals surface area contributed by atoms with Gasteiger partial charge in [0.2, 0.25) is 5.91 Å². The molecule has 0 radical (unpaired) electrons. The summed E-state index contributed by atoms with van der Waals surface area (Å²) in [5, 5.41) is 31.4. The van der Waals surface area contributed by atoms with Crippen LogP contribution in [0.25, 0.3) is 11.1 Å². The van der Waals surface area contributed by atoms with E-state index >= 15 is 0 Å². The molecule has 0 heterocycles. The molecule has 174 valence electrons. The van der Waals surface area contributed by atoms with Crippen LogP contribution in [0.15, 0.2) is 48.5 Å². The number of nitrogens with one attached hydrogen (secondary N) is 2. The third-order valence-corrected chi connectivity index (χ3v) is 5.40. The van der Waals surface area contributed by atoms with Crippen LogP contribution in [-0.4, -0.2) is 64.6 Å². The standard InChI is InChI=1S/C23H24N2O8/c26-11-19(22(30)31)24-21(29)18(9-10-20(27)28)25-23(32)33-12-17-15-7-3-1-5-13(15)14-6-2-4-8-16(14)17/h1-8,17-19,26H,9-12H2,(H,24,29)(H,25,32)(H,27,28)(H,30,31)/t18-,19-/m0/s1. The Morgan fingerprint density at radius 3 is 1.97 bits per heavy atom. The van der Waals surface area contributed by atoms with E-state index in [1.807, 2.05) is 48.5 Å². The molecule has 2 amide bonds. The maximum absolute atomic E-state index is 12.4. The lowest BCUT2D eigenvalue weighted by Crippen LogP contribution is -2.53. The molecule has 5 N–H and O–H groups in total. The Kier molecular flexibility index (Phi) is 7.62. The second-order valence-corrected chi connectivity index (χ2v) is 7.54. The zero-order valence-electron chi connectivity index (χ0n) is 17.6. The monoisotopic (exact) mass is 456 g/mol. The van der Waals surface area contributed by atoms with E-state index in [4.69, 9.17) is 20.1 Å². The van der Waals surface area contributed by atoms with E-state index < -0.39 is 49.1 Å². The van der Waals surface area contributed by atoms with Crippen molar-refractivity contribution in [3.63, 3.8) is 0 Å². The summed E-state index contributed by atoms with van der Waals surface area (Å²) in [6, 6.07) is 12.6. The summed E-state index contributed by atoms with van der Waals surface area (Å²) < 4.78 is 5.36. The van der Waals surface area contributed by atoms with Crippen molar-refractivity contribution in [2.75, 3.05) is 13.2 Å². The van der Waals surface area contributed by atoms with Crippen molar-refractivity contribution in [3.05, 3.63) is 59.7 Å². The molecule has 2 aromatic rings. The highest BCUT2D eigenvalue weighted by Gasteiger charge is 2.30. The van der Waals surface area contributed by atoms with E-state index in [2.05, 4.69) is 10.6 Å². The molecule has 2 aromatic carbocycles. The van der Waals surface area contributed by atoms with Gasteiger partial charge in [-0.05, 0) is 28.7 Å². The molecule has 0 spiro atoms. The van der Waals surface area contributed by atoms with Crippen LogP contribution in [0, 0.1) is 0 Å². The number of rotatable bonds is 10. The average Bonchev–Trinajstić information content (AvgIpc) is 3.12. The zero-order chi connectivity index (χ0) is 24.0. The number of aliphatic carboxylic acids is 2. The zero-order valence-corrected chi connectivity index (χ0v) is 17.6. The van der Waals surface area contributed by atoms with Gasteiger partial charge in [0.25, 0.3) is 0 Å². The third kappa shape index (κ3) is 5.66. The summed E-state index contributed by atoms with van der Waals surface area (Å²) in [5.74, 6) is -3.81. The highest BCUT2D eigenvalue weighted by molar-refractivity contribution is 5.89. The third-order valence-electron chi connectivity index (χ3n) is 5.40. The van der Waals surface area contributed by atoms with E-state index in [9.17, 15) is 19.2 Å². The summed E-state index contributed by atoms with van der Waals surface area (Å²) in [7, 11) is 0. The number of fused-ring (bicyclic) bond motifs is 3. The fourth-order valence-electron chi connectivity index (χ4n) is 3.78. The van der Waals surface area contributed by atoms with Crippen LogP contribution in [0.3, 0.4) is 0 Å². The number of amides is 2. The maximum atomic E-state index is 12.4. The molecular weight excluding hydrogens is 432 g/mol. The highest BCUT2D eigenvalue weighted by Crippen LogP contribution is 2.44. The van der Waals surface area contributed by atoms with E-state index in [0.717, 1.165) is 22.3 Å². The van der Waals surface area contributed by atoms with Crippen LogP contribution in [0.5, 0.6) is 0 Å². The van der Waals surface area contributed by atoms with Crippen LogP contribution >= 0.6 is 0 Å². The van der Waals surface area contributed by atoms with Crippen LogP contribution in [-0.2, 0) is 19.1 Å². The van der Waals surface area contributed by atoms with E-state index in [1.54, 1.807) is 0 Å². The number of carboxylic acid groups (broad SMARTS) is 2. The summed E-state index contributed by atoms with van der Waals surface area (Å²) in [6.07, 6.45) is -1.68. The molecule has 3 rings (SSSR count). The Hall–Kier alpha value is -3.92. The molecule has 0 saturated carbocycles. The Morgan fingerprint density at radius 2 is 1.45 bits per heavy atom. The molecule has 2 atom stereocenters. The summed E-state index contributed by atoms with van der Waals surface area (Å²) in [6.45, 7) is -0.876. The summed E-state index contributed by atoms with van der Waals surface area (Å²) in [5.41, 5.74) is 4.09. The first-order valence-corrected chi connectivity index (χ1v) is 10.3. The molecule has 10 heteroatoms. The molecule has 33 heavy (non-hydrogen) atoms. The van der Waals surface area contributed by atoms with E-state index in [1.165, 1.54) is 0 Å². The number of hydrogen-bond acceptors (Lipinski definition) is 6. The van der Waals surface area contributed by atoms with Crippen LogP contribution in [0.2, 0.25) is 0 Å². The van der Waals surface area contributed by atoms with Gasteiger partial charge in [-0.2, -0.15) is 0 Å². The molecule has 0 saturated heterocycles. The molecule has 0 fully saturated rings. The first-order valence-electron chi connectivity index (χ1n) is 10.3. The van der Waals surface area contributed by atoms with Gasteiger partial charge in [0.15, 0.2) is 0 Å². The van der Waals surface area contributed by atoms with Gasteiger partial charge >= 0.3 is 18.0 Å². The minimum Gasteiger partial charge on any atom is -0.481 e. The lowest BCUT2D eigenvalue weighted by atomic mass is 9.98. The van der Waals surface area contributed by atoms with Crippen LogP contribution in [0.4, 0.5) is 4.79 Å². The Bertz CT molecular complexity index is 1010. The second kappa shape index (κ2) is 10.6. The molecular formula is C23H24N2O8. The highest BCUT2D eigenvalue weighted by atomic mass is 16.5. The number of aliphatic hydroxyl groups is 1. The first kappa shape index (κ1) is 23.7. The largest absolute Gasteiger partial charge is 0.481 e. The van der Waals surface area contributed by atoms with Crippen LogP contribution in [0.1, 0.15) is 29.9 Å². The number of carboxylic acids is 2. The number of carbonyl (C=O) groups excluding carboxylic acids is 2. The number of hydrogen-bond donors (Lipinski definition) is 5. The van der Waals surface area contributed by atoms with Crippen LogP contribution < -0.4 is 10.6 Å². The molecule has 10 nitrogen and oxygen atoms in total. The van der Waals surface area contributed by atoms with Gasteiger partial charge in [0.05, 0.1) is 6.61 Å². The summed E-state index contributed by atoms with van der Waals surface area (Å²) >= 11 is 0. The number of ether oxygens (including phenoxy) is 1. The maximum Gasteiger partial charge on any atom is 0.407 e. The molecule has 0 bridgehead atoms. The first-order chi connectivity index (χ1) is 15.8. The Labute approximate surface area is 189 Å². The quantitative estimate of drug-likeness (QED) is 0.357. The topological polar surface area (TPSA) is 162 Å². The lowest BCUT2D eigenvalue weighted by molar-refractivity contribution is -0.143. The minimum atomic E-state index is -1.59. The van der Waals surface area contributed by atoms with E-state index in [-0.39, 0.29) is 18.9 Å². The van der Waals surface area contributed by atoms with Gasteiger partial charge < -0.3 is 30.7 Å². The van der Waals surface area contributed by atoms with Gasteiger partial charge in [-0.25, -0.2) is 9.59 Å². The normalized spacial score (nSPS) is 13.8. The Morgan fingerprint density at radius 1 is 0.879 bits per heavy atom. The van der Waals surface area contributed by atoms with Crippen molar-refractivity contribution in [1.29, 1.82) is 0 Å². The van der Waals surface area contributed by atoms with Crippen molar-refractivity contribution in [1.82, 2.24) is 10.6 Å². The Balaban J connectivity index is 1.67. The van der Waals surface area contributed by atoms with Crippen molar-refractivity contribution < 1.29 is 39.2 Å². The van der Waals surface area contributed by atoms with Gasteiger partial charge in [0.1, 0.15) is 18.7 Å². The van der Waals surface area contributed by atoms with Gasteiger partial charge in [-0.1, -0.05) is 48.5 Å². The van der Waals surface area contributed by atoms with Gasteiger partial charge in [0, 0.05) is 12.3 Å². The number of carbonyl (C=O) groups is 4. The van der Waals surface area contributed by atoms with Gasteiger partial charge in [-0.15, -0.1) is 0 Å². The number of aliphatic hydroxyl groups excluding tert-OH is 1. The fourth-order valence-corrected chi connectivity index (χ4v) is 3.78. The van der Waals surface area contributed by atoms with E-state index in [0.29, 0.717) is 0 Å². The lowest BCUT2D eigenvalue weighted by Gasteiger charge is -2.21. The predicted octanol–water partition coefficient (Wildman–Crippen LogP) is 1.32. The molecule has 1 aliphatic rings. The number of benzene rings is 2. The second-order valence-electron chi connectivity index (χ2n) is 7.54. The van der Waals surface area contributed by atoms with Crippen molar-refractivity contribution in [2.24, 2.45) is 0 Å².